The first kappa shape index (κ1) is 18.7. The van der Waals surface area contributed by atoms with E-state index in [0.717, 1.165) is 14.9 Å². The number of carbonyl (C=O) groups is 1. The zero-order valence-corrected chi connectivity index (χ0v) is 15.7. The van der Waals surface area contributed by atoms with Gasteiger partial charge in [0.25, 0.3) is 0 Å². The first-order chi connectivity index (χ1) is 11.3. The molecule has 1 amide bonds. The minimum Gasteiger partial charge on any atom is -0.338 e. The number of rotatable bonds is 7. The van der Waals surface area contributed by atoms with Gasteiger partial charge < -0.3 is 4.52 Å². The molecule has 0 atom stereocenters. The Balaban J connectivity index is 1.95. The molecule has 2 heterocycles. The molecule has 2 aromatic heterocycles. The maximum absolute atomic E-state index is 12.3. The van der Waals surface area contributed by atoms with E-state index in [-0.39, 0.29) is 17.9 Å². The van der Waals surface area contributed by atoms with Crippen LogP contribution in [0.25, 0.3) is 0 Å². The molecule has 0 aliphatic carbocycles. The Hall–Kier alpha value is -1.63. The fraction of sp³-hybridized carbons (Fsp3) is 0.412. The van der Waals surface area contributed by atoms with Crippen molar-refractivity contribution in [2.75, 3.05) is 18.4 Å². The second-order valence-corrected chi connectivity index (χ2v) is 8.34. The molecule has 0 aromatic carbocycles. The first-order valence-corrected chi connectivity index (χ1v) is 8.82. The standard InChI is InChI=1S/C17H22ClN3O2S/c1-5-8-21(10-12-6-7-14(18)24-12)11-15(22)19-16-9-13(20-23-16)17(2,3)4/h5-7,9H,1,8,10-11H2,2-4H3,(H,19,22). The molecule has 2 aromatic rings. The highest BCUT2D eigenvalue weighted by atomic mass is 35.5. The van der Waals surface area contributed by atoms with Crippen molar-refractivity contribution in [3.63, 3.8) is 0 Å². The van der Waals surface area contributed by atoms with Crippen LogP contribution in [0.5, 0.6) is 0 Å². The number of hydrogen-bond donors (Lipinski definition) is 1. The van der Waals surface area contributed by atoms with Crippen molar-refractivity contribution < 1.29 is 9.32 Å². The predicted octanol–water partition coefficient (Wildman–Crippen LogP) is 4.31. The number of thiophene rings is 1. The molecule has 0 aliphatic heterocycles. The van der Waals surface area contributed by atoms with Gasteiger partial charge in [-0.3, -0.25) is 15.0 Å². The summed E-state index contributed by atoms with van der Waals surface area (Å²) in [6.45, 7) is 11.3. The molecule has 0 bridgehead atoms. The third-order valence-corrected chi connectivity index (χ3v) is 4.52. The van der Waals surface area contributed by atoms with Gasteiger partial charge in [0, 0.05) is 29.4 Å². The summed E-state index contributed by atoms with van der Waals surface area (Å²) < 4.78 is 5.93. The van der Waals surface area contributed by atoms with Gasteiger partial charge in [-0.05, 0) is 12.1 Å². The first-order valence-electron chi connectivity index (χ1n) is 7.62. The highest BCUT2D eigenvalue weighted by Gasteiger charge is 2.20. The number of carbonyl (C=O) groups excluding carboxylic acids is 1. The molecule has 0 aliphatic rings. The number of nitrogens with one attached hydrogen (secondary N) is 1. The summed E-state index contributed by atoms with van der Waals surface area (Å²) in [5, 5.41) is 6.74. The summed E-state index contributed by atoms with van der Waals surface area (Å²) in [7, 11) is 0. The lowest BCUT2D eigenvalue weighted by molar-refractivity contribution is -0.117. The summed E-state index contributed by atoms with van der Waals surface area (Å²) >= 11 is 7.46. The molecule has 0 spiro atoms. The van der Waals surface area contributed by atoms with E-state index in [4.69, 9.17) is 16.1 Å². The molecule has 0 radical (unpaired) electrons. The molecular weight excluding hydrogens is 346 g/mol. The highest BCUT2D eigenvalue weighted by molar-refractivity contribution is 7.16. The zero-order chi connectivity index (χ0) is 17.7. The van der Waals surface area contributed by atoms with Crippen molar-refractivity contribution >= 4 is 34.7 Å². The topological polar surface area (TPSA) is 58.4 Å². The number of hydrogen-bond acceptors (Lipinski definition) is 5. The SMILES string of the molecule is C=CCN(CC(=O)Nc1cc(C(C)(C)C)no1)Cc1ccc(Cl)s1. The lowest BCUT2D eigenvalue weighted by Gasteiger charge is -2.18. The number of amides is 1. The van der Waals surface area contributed by atoms with Crippen LogP contribution in [-0.4, -0.2) is 29.1 Å². The van der Waals surface area contributed by atoms with Gasteiger partial charge in [-0.25, -0.2) is 0 Å². The van der Waals surface area contributed by atoms with Crippen LogP contribution >= 0.6 is 22.9 Å². The lowest BCUT2D eigenvalue weighted by Crippen LogP contribution is -2.32. The minimum absolute atomic E-state index is 0.125. The van der Waals surface area contributed by atoms with Crippen LogP contribution in [0.4, 0.5) is 5.88 Å². The fourth-order valence-electron chi connectivity index (χ4n) is 2.09. The fourth-order valence-corrected chi connectivity index (χ4v) is 3.22. The third-order valence-electron chi connectivity index (χ3n) is 3.30. The molecular formula is C17H22ClN3O2S. The zero-order valence-electron chi connectivity index (χ0n) is 14.1. The Morgan fingerprint density at radius 3 is 2.79 bits per heavy atom. The third kappa shape index (κ3) is 5.47. The van der Waals surface area contributed by atoms with E-state index >= 15 is 0 Å². The van der Waals surface area contributed by atoms with Gasteiger partial charge >= 0.3 is 0 Å². The van der Waals surface area contributed by atoms with Crippen molar-refractivity contribution in [3.8, 4) is 0 Å². The molecule has 0 saturated heterocycles. The Labute approximate surface area is 151 Å². The Morgan fingerprint density at radius 1 is 1.50 bits per heavy atom. The maximum Gasteiger partial charge on any atom is 0.240 e. The predicted molar refractivity (Wildman–Crippen MR) is 98.6 cm³/mol. The molecule has 0 saturated carbocycles. The van der Waals surface area contributed by atoms with E-state index in [0.29, 0.717) is 19.0 Å². The van der Waals surface area contributed by atoms with Gasteiger partial charge in [-0.2, -0.15) is 0 Å². The van der Waals surface area contributed by atoms with E-state index in [1.54, 1.807) is 12.1 Å². The monoisotopic (exact) mass is 367 g/mol. The molecule has 0 fully saturated rings. The summed E-state index contributed by atoms with van der Waals surface area (Å²) in [5.74, 6) is 0.207. The molecule has 1 N–H and O–H groups in total. The second kappa shape index (κ2) is 7.96. The van der Waals surface area contributed by atoms with Crippen molar-refractivity contribution in [2.24, 2.45) is 0 Å². The molecule has 5 nitrogen and oxygen atoms in total. The molecule has 0 unspecified atom stereocenters. The smallest absolute Gasteiger partial charge is 0.240 e. The van der Waals surface area contributed by atoms with Crippen LogP contribution in [0.1, 0.15) is 31.3 Å². The summed E-state index contributed by atoms with van der Waals surface area (Å²) in [4.78, 5) is 15.3. The average molecular weight is 368 g/mol. The van der Waals surface area contributed by atoms with E-state index in [9.17, 15) is 4.79 Å². The molecule has 24 heavy (non-hydrogen) atoms. The van der Waals surface area contributed by atoms with Crippen LogP contribution in [0.15, 0.2) is 35.4 Å². The highest BCUT2D eigenvalue weighted by Crippen LogP contribution is 2.24. The Kier molecular flexibility index (Phi) is 6.21. The van der Waals surface area contributed by atoms with Crippen LogP contribution in [0.2, 0.25) is 4.34 Å². The van der Waals surface area contributed by atoms with Crippen molar-refractivity contribution in [1.82, 2.24) is 10.1 Å². The number of halogens is 1. The lowest BCUT2D eigenvalue weighted by atomic mass is 9.92. The normalized spacial score (nSPS) is 11.7. The number of nitrogens with zero attached hydrogens (tertiary/aromatic N) is 2. The van der Waals surface area contributed by atoms with E-state index in [2.05, 4.69) is 17.1 Å². The Bertz CT molecular complexity index is 703. The molecule has 130 valence electrons. The largest absolute Gasteiger partial charge is 0.338 e. The van der Waals surface area contributed by atoms with Crippen LogP contribution < -0.4 is 5.32 Å². The van der Waals surface area contributed by atoms with E-state index in [1.165, 1.54) is 11.3 Å². The van der Waals surface area contributed by atoms with Gasteiger partial charge in [0.15, 0.2) is 0 Å². The van der Waals surface area contributed by atoms with Crippen molar-refractivity contribution in [2.45, 2.75) is 32.7 Å². The van der Waals surface area contributed by atoms with Gasteiger partial charge in [-0.1, -0.05) is 43.6 Å². The number of anilines is 1. The van der Waals surface area contributed by atoms with Crippen LogP contribution in [0, 0.1) is 0 Å². The molecule has 7 heteroatoms. The summed E-state index contributed by atoms with van der Waals surface area (Å²) in [6, 6.07) is 5.58. The van der Waals surface area contributed by atoms with Gasteiger partial charge in [0.2, 0.25) is 11.8 Å². The van der Waals surface area contributed by atoms with Crippen LogP contribution in [-0.2, 0) is 16.8 Å². The number of aromatic nitrogens is 1. The van der Waals surface area contributed by atoms with Crippen LogP contribution in [0.3, 0.4) is 0 Å². The molecule has 2 rings (SSSR count). The van der Waals surface area contributed by atoms with E-state index < -0.39 is 0 Å². The van der Waals surface area contributed by atoms with Crippen molar-refractivity contribution in [3.05, 3.63) is 45.8 Å². The van der Waals surface area contributed by atoms with Gasteiger partial charge in [-0.15, -0.1) is 17.9 Å². The Morgan fingerprint density at radius 2 is 2.25 bits per heavy atom. The summed E-state index contributed by atoms with van der Waals surface area (Å²) in [5.41, 5.74) is 0.675. The van der Waals surface area contributed by atoms with Gasteiger partial charge in [0.1, 0.15) is 0 Å². The second-order valence-electron chi connectivity index (χ2n) is 6.54. The van der Waals surface area contributed by atoms with E-state index in [1.807, 2.05) is 37.8 Å². The van der Waals surface area contributed by atoms with Crippen molar-refractivity contribution in [1.29, 1.82) is 0 Å². The average Bonchev–Trinajstić information content (AvgIpc) is 3.08. The van der Waals surface area contributed by atoms with Gasteiger partial charge in [0.05, 0.1) is 16.6 Å². The maximum atomic E-state index is 12.3. The quantitative estimate of drug-likeness (QED) is 0.740. The summed E-state index contributed by atoms with van der Waals surface area (Å²) in [6.07, 6.45) is 1.77. The minimum atomic E-state index is -0.156.